The number of hydrogen-bond donors (Lipinski definition) is 2. The molecule has 4 nitrogen and oxygen atoms in total. The molecule has 0 heterocycles. The fraction of sp³-hybridized carbons (Fsp3) is 0.471. The number of hydrogen-bond acceptors (Lipinski definition) is 4. The number of allylic oxidation sites excluding steroid dienone is 6. The summed E-state index contributed by atoms with van der Waals surface area (Å²) >= 11 is 0. The van der Waals surface area contributed by atoms with E-state index in [1.165, 1.54) is 0 Å². The van der Waals surface area contributed by atoms with Gasteiger partial charge in [0.25, 0.3) is 0 Å². The fourth-order valence-electron chi connectivity index (χ4n) is 1.84. The van der Waals surface area contributed by atoms with Gasteiger partial charge in [-0.15, -0.1) is 0 Å². The van der Waals surface area contributed by atoms with Crippen molar-refractivity contribution < 1.29 is 0 Å². The molecule has 0 aliphatic carbocycles. The normalized spacial score (nSPS) is 13.6. The molecular weight excluding hydrogens is 260 g/mol. The van der Waals surface area contributed by atoms with Crippen molar-refractivity contribution in [3.63, 3.8) is 0 Å². The van der Waals surface area contributed by atoms with Crippen LogP contribution in [0, 0.1) is 0 Å². The molecule has 0 saturated heterocycles. The molecule has 0 rings (SSSR count). The van der Waals surface area contributed by atoms with Crippen molar-refractivity contribution in [1.29, 1.82) is 0 Å². The number of rotatable bonds is 11. The van der Waals surface area contributed by atoms with Crippen LogP contribution >= 0.6 is 0 Å². The van der Waals surface area contributed by atoms with E-state index < -0.39 is 0 Å². The third-order valence-corrected chi connectivity index (χ3v) is 2.83. The Morgan fingerprint density at radius 3 is 2.38 bits per heavy atom. The Kier molecular flexibility index (Phi) is 12.3. The third-order valence-electron chi connectivity index (χ3n) is 2.83. The van der Waals surface area contributed by atoms with Gasteiger partial charge in [-0.3, -0.25) is 4.99 Å². The molecule has 0 radical (unpaired) electrons. The standard InChI is InChI=1S/C17H30N4/c1-5-12-21(13-6-2)20-14-17(16(7-3)8-4)10-9-11-19-15-18/h7-11,14,20H,3,5-6,12-13,15,18H2,1-2,4H3/b10-9+,16-8+,17-14+,19-11?. The summed E-state index contributed by atoms with van der Waals surface area (Å²) in [7, 11) is 0. The summed E-state index contributed by atoms with van der Waals surface area (Å²) in [6, 6.07) is 0. The number of hydrazine groups is 1. The van der Waals surface area contributed by atoms with Crippen molar-refractivity contribution in [3.8, 4) is 0 Å². The molecule has 118 valence electrons. The molecule has 0 aliphatic heterocycles. The molecule has 3 N–H and O–H groups in total. The fourth-order valence-corrected chi connectivity index (χ4v) is 1.84. The Bertz CT molecular complexity index is 386. The molecule has 0 saturated carbocycles. The van der Waals surface area contributed by atoms with E-state index in [1.54, 1.807) is 6.21 Å². The smallest absolute Gasteiger partial charge is 0.0859 e. The Morgan fingerprint density at radius 1 is 1.24 bits per heavy atom. The highest BCUT2D eigenvalue weighted by Crippen LogP contribution is 2.11. The Morgan fingerprint density at radius 2 is 1.90 bits per heavy atom. The van der Waals surface area contributed by atoms with Crippen LogP contribution < -0.4 is 11.2 Å². The maximum atomic E-state index is 5.33. The first kappa shape index (κ1) is 19.4. The Hall–Kier alpha value is -1.65. The monoisotopic (exact) mass is 290 g/mol. The number of nitrogens with one attached hydrogen (secondary N) is 1. The van der Waals surface area contributed by atoms with E-state index in [4.69, 9.17) is 5.73 Å². The second-order valence-electron chi connectivity index (χ2n) is 4.54. The van der Waals surface area contributed by atoms with Gasteiger partial charge in [-0.25, -0.2) is 5.01 Å². The molecule has 0 atom stereocenters. The van der Waals surface area contributed by atoms with Gasteiger partial charge in [0.1, 0.15) is 0 Å². The van der Waals surface area contributed by atoms with Crippen molar-refractivity contribution in [2.24, 2.45) is 10.7 Å². The number of nitrogens with zero attached hydrogens (tertiary/aromatic N) is 2. The van der Waals surface area contributed by atoms with E-state index in [2.05, 4.69) is 35.9 Å². The van der Waals surface area contributed by atoms with Crippen LogP contribution in [0.4, 0.5) is 0 Å². The van der Waals surface area contributed by atoms with Crippen molar-refractivity contribution in [2.45, 2.75) is 33.6 Å². The van der Waals surface area contributed by atoms with Crippen LogP contribution in [0.3, 0.4) is 0 Å². The van der Waals surface area contributed by atoms with Gasteiger partial charge < -0.3 is 11.2 Å². The van der Waals surface area contributed by atoms with Gasteiger partial charge in [0.15, 0.2) is 0 Å². The summed E-state index contributed by atoms with van der Waals surface area (Å²) in [6.07, 6.45) is 13.7. The zero-order chi connectivity index (χ0) is 15.9. The molecule has 21 heavy (non-hydrogen) atoms. The van der Waals surface area contributed by atoms with Crippen LogP contribution in [-0.2, 0) is 0 Å². The van der Waals surface area contributed by atoms with Crippen molar-refractivity contribution in [2.75, 3.05) is 19.8 Å². The average Bonchev–Trinajstić information content (AvgIpc) is 2.49. The molecule has 4 heteroatoms. The van der Waals surface area contributed by atoms with Crippen LogP contribution in [-0.4, -0.2) is 31.0 Å². The minimum absolute atomic E-state index is 0.306. The third kappa shape index (κ3) is 9.00. The molecule has 0 aromatic heterocycles. The predicted molar refractivity (Wildman–Crippen MR) is 94.0 cm³/mol. The van der Waals surface area contributed by atoms with Gasteiger partial charge >= 0.3 is 0 Å². The number of aliphatic imine (C=N–C) groups is 1. The lowest BCUT2D eigenvalue weighted by Crippen LogP contribution is -2.35. The van der Waals surface area contributed by atoms with E-state index in [0.29, 0.717) is 6.67 Å². The first-order valence-corrected chi connectivity index (χ1v) is 7.60. The van der Waals surface area contributed by atoms with Crippen molar-refractivity contribution in [3.05, 3.63) is 48.2 Å². The topological polar surface area (TPSA) is 53.6 Å². The van der Waals surface area contributed by atoms with Gasteiger partial charge in [0, 0.05) is 25.5 Å². The molecule has 0 aromatic rings. The van der Waals surface area contributed by atoms with E-state index >= 15 is 0 Å². The summed E-state index contributed by atoms with van der Waals surface area (Å²) < 4.78 is 0. The molecule has 0 amide bonds. The van der Waals surface area contributed by atoms with Gasteiger partial charge in [-0.05, 0) is 37.0 Å². The molecule has 0 spiro atoms. The molecule has 0 bridgehead atoms. The van der Waals surface area contributed by atoms with Gasteiger partial charge in [0.2, 0.25) is 0 Å². The van der Waals surface area contributed by atoms with E-state index in [1.807, 2.05) is 37.4 Å². The van der Waals surface area contributed by atoms with Gasteiger partial charge in [-0.2, -0.15) is 0 Å². The Balaban J connectivity index is 5.00. The molecule has 0 fully saturated rings. The van der Waals surface area contributed by atoms with E-state index in [0.717, 1.165) is 37.1 Å². The van der Waals surface area contributed by atoms with Crippen LogP contribution in [0.25, 0.3) is 0 Å². The van der Waals surface area contributed by atoms with Crippen LogP contribution in [0.1, 0.15) is 33.6 Å². The Labute approximate surface area is 129 Å². The van der Waals surface area contributed by atoms with Crippen LogP contribution in [0.15, 0.2) is 53.2 Å². The zero-order valence-corrected chi connectivity index (χ0v) is 13.7. The SMILES string of the molecule is C=CC(=C\C)/C(/C=C/C=NCN)=C/NN(CCC)CCC. The van der Waals surface area contributed by atoms with Gasteiger partial charge in [0.05, 0.1) is 6.67 Å². The molecule has 0 aromatic carbocycles. The van der Waals surface area contributed by atoms with E-state index in [-0.39, 0.29) is 0 Å². The first-order valence-electron chi connectivity index (χ1n) is 7.60. The molecule has 0 aliphatic rings. The largest absolute Gasteiger partial charge is 0.326 e. The first-order chi connectivity index (χ1) is 10.2. The lowest BCUT2D eigenvalue weighted by Gasteiger charge is -2.21. The molecule has 0 unspecified atom stereocenters. The van der Waals surface area contributed by atoms with E-state index in [9.17, 15) is 0 Å². The lowest BCUT2D eigenvalue weighted by atomic mass is 10.1. The van der Waals surface area contributed by atoms with Crippen molar-refractivity contribution in [1.82, 2.24) is 10.4 Å². The summed E-state index contributed by atoms with van der Waals surface area (Å²) in [5.74, 6) is 0. The van der Waals surface area contributed by atoms with Gasteiger partial charge in [-0.1, -0.05) is 38.7 Å². The maximum absolute atomic E-state index is 5.33. The number of nitrogens with two attached hydrogens (primary N) is 1. The highest BCUT2D eigenvalue weighted by molar-refractivity contribution is 5.72. The highest BCUT2D eigenvalue weighted by Gasteiger charge is 2.01. The van der Waals surface area contributed by atoms with Crippen molar-refractivity contribution >= 4 is 6.21 Å². The van der Waals surface area contributed by atoms with Crippen LogP contribution in [0.5, 0.6) is 0 Å². The predicted octanol–water partition coefficient (Wildman–Crippen LogP) is 3.17. The lowest BCUT2D eigenvalue weighted by molar-refractivity contribution is 0.222. The molecular formula is C17H30N4. The summed E-state index contributed by atoms with van der Waals surface area (Å²) in [6.45, 7) is 12.6. The van der Waals surface area contributed by atoms with Crippen LogP contribution in [0.2, 0.25) is 0 Å². The average molecular weight is 290 g/mol. The maximum Gasteiger partial charge on any atom is 0.0859 e. The second kappa shape index (κ2) is 13.3. The minimum atomic E-state index is 0.306. The summed E-state index contributed by atoms with van der Waals surface area (Å²) in [5, 5.41) is 2.22. The second-order valence-corrected chi connectivity index (χ2v) is 4.54. The zero-order valence-electron chi connectivity index (χ0n) is 13.7. The quantitative estimate of drug-likeness (QED) is 0.349. The summed E-state index contributed by atoms with van der Waals surface area (Å²) in [5.41, 5.74) is 10.8. The summed E-state index contributed by atoms with van der Waals surface area (Å²) in [4.78, 5) is 3.97. The minimum Gasteiger partial charge on any atom is -0.326 e. The highest BCUT2D eigenvalue weighted by atomic mass is 15.5.